The van der Waals surface area contributed by atoms with Gasteiger partial charge in [-0.2, -0.15) is 0 Å². The molecule has 2 rings (SSSR count). The van der Waals surface area contributed by atoms with Crippen molar-refractivity contribution in [2.24, 2.45) is 0 Å². The lowest BCUT2D eigenvalue weighted by molar-refractivity contribution is 0.892. The van der Waals surface area contributed by atoms with Crippen LogP contribution < -0.4 is 4.90 Å². The van der Waals surface area contributed by atoms with E-state index in [1.54, 1.807) is 0 Å². The van der Waals surface area contributed by atoms with E-state index in [9.17, 15) is 0 Å². The Morgan fingerprint density at radius 3 is 2.69 bits per heavy atom. The minimum atomic E-state index is 0.706. The Kier molecular flexibility index (Phi) is 3.73. The van der Waals surface area contributed by atoms with Gasteiger partial charge in [-0.05, 0) is 29.9 Å². The van der Waals surface area contributed by atoms with Crippen molar-refractivity contribution < 1.29 is 0 Å². The molecule has 84 valence electrons. The molecule has 0 radical (unpaired) electrons. The van der Waals surface area contributed by atoms with Gasteiger partial charge in [-0.1, -0.05) is 39.4 Å². The first kappa shape index (κ1) is 11.8. The van der Waals surface area contributed by atoms with Crippen molar-refractivity contribution in [2.45, 2.75) is 6.54 Å². The molecule has 0 fully saturated rings. The topological polar surface area (TPSA) is 31.9 Å². The quantitative estimate of drug-likeness (QED) is 0.878. The molecule has 3 nitrogen and oxygen atoms in total. The first-order chi connectivity index (χ1) is 7.65. The molecule has 0 bridgehead atoms. The van der Waals surface area contributed by atoms with Crippen LogP contribution in [0.4, 0.5) is 5.13 Å². The number of halogens is 1. The number of rotatable bonds is 3. The second-order valence-electron chi connectivity index (χ2n) is 3.38. The first-order valence-corrected chi connectivity index (χ1v) is 6.68. The smallest absolute Gasteiger partial charge is 0.206 e. The van der Waals surface area contributed by atoms with E-state index in [0.29, 0.717) is 3.95 Å². The van der Waals surface area contributed by atoms with Crippen LogP contribution in [0.5, 0.6) is 0 Å². The lowest BCUT2D eigenvalue weighted by atomic mass is 10.2. The molecule has 0 aliphatic rings. The molecule has 0 aliphatic heterocycles. The van der Waals surface area contributed by atoms with Crippen LogP contribution in [0.2, 0.25) is 0 Å². The number of nitrogens with one attached hydrogen (secondary N) is 1. The number of aromatic nitrogens is 2. The minimum absolute atomic E-state index is 0.706. The molecule has 0 saturated heterocycles. The molecular weight excluding hydrogens is 306 g/mol. The number of H-pyrrole nitrogens is 1. The SMILES string of the molecule is CN(Cc1ccc(Br)cc1)c1n[nH]c(=S)s1. The number of aromatic amines is 1. The third-order valence-corrected chi connectivity index (χ3v) is 3.82. The second kappa shape index (κ2) is 5.07. The van der Waals surface area contributed by atoms with Crippen LogP contribution in [0.3, 0.4) is 0 Å². The van der Waals surface area contributed by atoms with Gasteiger partial charge in [-0.25, -0.2) is 0 Å². The molecule has 0 aliphatic carbocycles. The predicted octanol–water partition coefficient (Wildman–Crippen LogP) is 3.60. The lowest BCUT2D eigenvalue weighted by Crippen LogP contribution is -2.15. The maximum Gasteiger partial charge on any atom is 0.206 e. The summed E-state index contributed by atoms with van der Waals surface area (Å²) >= 11 is 9.90. The summed E-state index contributed by atoms with van der Waals surface area (Å²) in [6.07, 6.45) is 0. The van der Waals surface area contributed by atoms with Crippen LogP contribution in [0, 0.1) is 3.95 Å². The summed E-state index contributed by atoms with van der Waals surface area (Å²) in [5.41, 5.74) is 1.24. The highest BCUT2D eigenvalue weighted by molar-refractivity contribution is 9.10. The maximum atomic E-state index is 5.00. The molecule has 1 N–H and O–H groups in total. The zero-order valence-electron chi connectivity index (χ0n) is 8.61. The van der Waals surface area contributed by atoms with Gasteiger partial charge in [-0.15, -0.1) is 5.10 Å². The summed E-state index contributed by atoms with van der Waals surface area (Å²) in [4.78, 5) is 2.07. The maximum absolute atomic E-state index is 5.00. The van der Waals surface area contributed by atoms with Gasteiger partial charge in [-0.3, -0.25) is 5.10 Å². The van der Waals surface area contributed by atoms with Crippen molar-refractivity contribution >= 4 is 44.6 Å². The molecule has 16 heavy (non-hydrogen) atoms. The monoisotopic (exact) mass is 315 g/mol. The molecule has 0 saturated carbocycles. The Morgan fingerprint density at radius 1 is 1.44 bits per heavy atom. The molecule has 6 heteroatoms. The van der Waals surface area contributed by atoms with Crippen LogP contribution in [0.25, 0.3) is 0 Å². The van der Waals surface area contributed by atoms with Crippen LogP contribution in [0.15, 0.2) is 28.7 Å². The molecule has 1 aromatic heterocycles. The summed E-state index contributed by atoms with van der Waals surface area (Å²) in [7, 11) is 2.00. The van der Waals surface area contributed by atoms with E-state index < -0.39 is 0 Å². The van der Waals surface area contributed by atoms with Crippen molar-refractivity contribution in [1.82, 2.24) is 10.2 Å². The van der Waals surface area contributed by atoms with Crippen molar-refractivity contribution in [2.75, 3.05) is 11.9 Å². The third kappa shape index (κ3) is 2.90. The van der Waals surface area contributed by atoms with Gasteiger partial charge >= 0.3 is 0 Å². The van der Waals surface area contributed by atoms with Crippen molar-refractivity contribution in [1.29, 1.82) is 0 Å². The predicted molar refractivity (Wildman–Crippen MR) is 73.5 cm³/mol. The van der Waals surface area contributed by atoms with E-state index in [2.05, 4.69) is 43.2 Å². The Morgan fingerprint density at radius 2 is 2.12 bits per heavy atom. The molecule has 1 aromatic carbocycles. The van der Waals surface area contributed by atoms with Gasteiger partial charge in [0.1, 0.15) is 0 Å². The number of anilines is 1. The van der Waals surface area contributed by atoms with Gasteiger partial charge in [0.15, 0.2) is 3.95 Å². The lowest BCUT2D eigenvalue weighted by Gasteiger charge is -2.14. The summed E-state index contributed by atoms with van der Waals surface area (Å²) in [6, 6.07) is 8.25. The Balaban J connectivity index is 2.10. The standard InChI is InChI=1S/C10H10BrN3S2/c1-14(9-12-13-10(15)16-9)6-7-2-4-8(11)5-3-7/h2-5H,6H2,1H3,(H,13,15). The Bertz CT molecular complexity index is 517. The van der Waals surface area contributed by atoms with E-state index in [4.69, 9.17) is 12.2 Å². The number of hydrogen-bond acceptors (Lipinski definition) is 4. The molecule has 1 heterocycles. The van der Waals surface area contributed by atoms with Gasteiger partial charge in [0.05, 0.1) is 0 Å². The highest BCUT2D eigenvalue weighted by atomic mass is 79.9. The van der Waals surface area contributed by atoms with E-state index in [1.165, 1.54) is 16.9 Å². The number of benzene rings is 1. The van der Waals surface area contributed by atoms with Crippen LogP contribution in [-0.4, -0.2) is 17.2 Å². The number of hydrogen-bond donors (Lipinski definition) is 1. The Hall–Kier alpha value is -0.720. The molecule has 2 aromatic rings. The van der Waals surface area contributed by atoms with Crippen LogP contribution in [0.1, 0.15) is 5.56 Å². The summed E-state index contributed by atoms with van der Waals surface area (Å²) in [6.45, 7) is 0.823. The normalized spacial score (nSPS) is 10.4. The molecule has 0 spiro atoms. The third-order valence-electron chi connectivity index (χ3n) is 2.09. The molecule has 0 unspecified atom stereocenters. The van der Waals surface area contributed by atoms with E-state index in [-0.39, 0.29) is 0 Å². The van der Waals surface area contributed by atoms with Crippen LogP contribution >= 0.6 is 39.5 Å². The van der Waals surface area contributed by atoms with E-state index in [0.717, 1.165) is 16.1 Å². The zero-order valence-corrected chi connectivity index (χ0v) is 11.8. The Labute approximate surface area is 111 Å². The summed E-state index contributed by atoms with van der Waals surface area (Å²) in [5, 5.41) is 7.82. The van der Waals surface area contributed by atoms with E-state index in [1.807, 2.05) is 19.2 Å². The zero-order chi connectivity index (χ0) is 11.5. The van der Waals surface area contributed by atoms with Gasteiger partial charge in [0, 0.05) is 18.1 Å². The summed E-state index contributed by atoms with van der Waals surface area (Å²) < 4.78 is 1.80. The fraction of sp³-hybridized carbons (Fsp3) is 0.200. The van der Waals surface area contributed by atoms with Crippen LogP contribution in [-0.2, 0) is 6.54 Å². The summed E-state index contributed by atoms with van der Waals surface area (Å²) in [5.74, 6) is 0. The molecule has 0 amide bonds. The van der Waals surface area contributed by atoms with Gasteiger partial charge in [0.2, 0.25) is 5.13 Å². The van der Waals surface area contributed by atoms with E-state index >= 15 is 0 Å². The van der Waals surface area contributed by atoms with Gasteiger partial charge < -0.3 is 4.90 Å². The highest BCUT2D eigenvalue weighted by Gasteiger charge is 2.05. The average Bonchev–Trinajstić information content (AvgIpc) is 2.68. The molecule has 0 atom stereocenters. The van der Waals surface area contributed by atoms with Gasteiger partial charge in [0.25, 0.3) is 0 Å². The second-order valence-corrected chi connectivity index (χ2v) is 5.94. The fourth-order valence-corrected chi connectivity index (χ4v) is 2.42. The largest absolute Gasteiger partial charge is 0.345 e. The average molecular weight is 316 g/mol. The van der Waals surface area contributed by atoms with Crippen molar-refractivity contribution in [3.63, 3.8) is 0 Å². The highest BCUT2D eigenvalue weighted by Crippen LogP contribution is 2.19. The molecular formula is C10H10BrN3S2. The first-order valence-electron chi connectivity index (χ1n) is 4.66. The van der Waals surface area contributed by atoms with Crippen molar-refractivity contribution in [3.05, 3.63) is 38.3 Å². The van der Waals surface area contributed by atoms with Crippen molar-refractivity contribution in [3.8, 4) is 0 Å². The number of nitrogens with zero attached hydrogens (tertiary/aromatic N) is 2. The fourth-order valence-electron chi connectivity index (χ4n) is 1.32. The minimum Gasteiger partial charge on any atom is -0.345 e.